The minimum absolute atomic E-state index is 0.00987. The molecule has 0 fully saturated rings. The zero-order chi connectivity index (χ0) is 19.1. The minimum Gasteiger partial charge on any atom is -0.497 e. The van der Waals surface area contributed by atoms with Crippen molar-refractivity contribution in [3.8, 4) is 5.75 Å². The van der Waals surface area contributed by atoms with Gasteiger partial charge in [-0.3, -0.25) is 9.59 Å². The molecule has 0 unspecified atom stereocenters. The molecule has 27 heavy (non-hydrogen) atoms. The smallest absolute Gasteiger partial charge is 0.306 e. The second kappa shape index (κ2) is 9.24. The summed E-state index contributed by atoms with van der Waals surface area (Å²) in [6.07, 6.45) is 0.953. The number of rotatable bonds is 8. The van der Waals surface area contributed by atoms with Crippen LogP contribution in [0.4, 0.5) is 5.69 Å². The molecule has 0 spiro atoms. The van der Waals surface area contributed by atoms with Crippen molar-refractivity contribution in [3.05, 3.63) is 56.7 Å². The normalized spacial score (nSPS) is 10.4. The van der Waals surface area contributed by atoms with Crippen LogP contribution in [0.3, 0.4) is 0 Å². The van der Waals surface area contributed by atoms with Gasteiger partial charge in [0.2, 0.25) is 5.01 Å². The maximum atomic E-state index is 12.2. The first-order chi connectivity index (χ1) is 13.1. The van der Waals surface area contributed by atoms with Crippen LogP contribution in [0.15, 0.2) is 41.1 Å². The molecule has 7 nitrogen and oxygen atoms in total. The Hall–Kier alpha value is -2.78. The summed E-state index contributed by atoms with van der Waals surface area (Å²) in [5, 5.41) is 15.1. The summed E-state index contributed by atoms with van der Waals surface area (Å²) in [4.78, 5) is 24.0. The van der Waals surface area contributed by atoms with Crippen molar-refractivity contribution >= 4 is 40.2 Å². The van der Waals surface area contributed by atoms with Crippen LogP contribution in [-0.2, 0) is 22.6 Å². The topological polar surface area (TPSA) is 90.4 Å². The van der Waals surface area contributed by atoms with E-state index in [1.807, 2.05) is 16.8 Å². The molecule has 1 amide bonds. The lowest BCUT2D eigenvalue weighted by atomic mass is 10.2. The average Bonchev–Trinajstić information content (AvgIpc) is 3.37. The Bertz CT molecular complexity index is 892. The third kappa shape index (κ3) is 5.60. The van der Waals surface area contributed by atoms with Gasteiger partial charge in [0.25, 0.3) is 5.91 Å². The van der Waals surface area contributed by atoms with Crippen molar-refractivity contribution in [3.63, 3.8) is 0 Å². The van der Waals surface area contributed by atoms with Crippen LogP contribution in [-0.4, -0.2) is 29.2 Å². The highest BCUT2D eigenvalue weighted by Crippen LogP contribution is 2.17. The van der Waals surface area contributed by atoms with Crippen LogP contribution in [0.25, 0.3) is 0 Å². The Kier molecular flexibility index (Phi) is 6.50. The SMILES string of the molecule is COc1ccc(NC(=O)c2nnc(COC(=O)CCc3ccsc3)s2)cc1. The number of carbonyl (C=O) groups is 2. The molecular weight excluding hydrogens is 386 g/mol. The van der Waals surface area contributed by atoms with E-state index in [2.05, 4.69) is 15.5 Å². The van der Waals surface area contributed by atoms with Crippen molar-refractivity contribution in [1.82, 2.24) is 10.2 Å². The molecule has 2 aromatic heterocycles. The Labute approximate surface area is 164 Å². The summed E-state index contributed by atoms with van der Waals surface area (Å²) in [5.74, 6) is 0.0281. The maximum absolute atomic E-state index is 12.2. The molecule has 0 aliphatic heterocycles. The quantitative estimate of drug-likeness (QED) is 0.579. The first-order valence-electron chi connectivity index (χ1n) is 8.08. The number of ether oxygens (including phenoxy) is 2. The molecule has 0 saturated carbocycles. The number of anilines is 1. The van der Waals surface area contributed by atoms with Crippen molar-refractivity contribution in [1.29, 1.82) is 0 Å². The fourth-order valence-corrected chi connectivity index (χ4v) is 3.51. The van der Waals surface area contributed by atoms with Gasteiger partial charge in [-0.2, -0.15) is 11.3 Å². The van der Waals surface area contributed by atoms with Gasteiger partial charge in [0.1, 0.15) is 12.4 Å². The van der Waals surface area contributed by atoms with E-state index in [4.69, 9.17) is 9.47 Å². The molecule has 140 valence electrons. The Morgan fingerprint density at radius 2 is 1.96 bits per heavy atom. The Balaban J connectivity index is 1.46. The third-order valence-corrected chi connectivity index (χ3v) is 5.19. The van der Waals surface area contributed by atoms with Crippen molar-refractivity contribution in [2.45, 2.75) is 19.4 Å². The lowest BCUT2D eigenvalue weighted by molar-refractivity contribution is -0.144. The zero-order valence-corrected chi connectivity index (χ0v) is 16.1. The molecule has 2 heterocycles. The number of methoxy groups -OCH3 is 1. The molecule has 0 atom stereocenters. The Morgan fingerprint density at radius 1 is 1.15 bits per heavy atom. The van der Waals surface area contributed by atoms with Crippen LogP contribution in [0.1, 0.15) is 26.8 Å². The molecule has 0 bridgehead atoms. The van der Waals surface area contributed by atoms with Gasteiger partial charge in [-0.1, -0.05) is 11.3 Å². The Morgan fingerprint density at radius 3 is 2.67 bits per heavy atom. The molecule has 9 heteroatoms. The lowest BCUT2D eigenvalue weighted by Gasteiger charge is -2.04. The van der Waals surface area contributed by atoms with Crippen LogP contribution in [0, 0.1) is 0 Å². The van der Waals surface area contributed by atoms with E-state index >= 15 is 0 Å². The van der Waals surface area contributed by atoms with Gasteiger partial charge < -0.3 is 14.8 Å². The van der Waals surface area contributed by atoms with Crippen LogP contribution in [0.5, 0.6) is 5.75 Å². The second-order valence-corrected chi connectivity index (χ2v) is 7.32. The average molecular weight is 403 g/mol. The summed E-state index contributed by atoms with van der Waals surface area (Å²) in [6.45, 7) is 0.00987. The first kappa shape index (κ1) is 19.0. The number of carbonyl (C=O) groups excluding carboxylic acids is 2. The van der Waals surface area contributed by atoms with E-state index in [1.165, 1.54) is 0 Å². The summed E-state index contributed by atoms with van der Waals surface area (Å²) in [6, 6.07) is 8.94. The molecule has 0 aliphatic rings. The van der Waals surface area contributed by atoms with E-state index < -0.39 is 0 Å². The van der Waals surface area contributed by atoms with Gasteiger partial charge in [0.15, 0.2) is 5.01 Å². The van der Waals surface area contributed by atoms with Crippen LogP contribution >= 0.6 is 22.7 Å². The second-order valence-electron chi connectivity index (χ2n) is 5.48. The fourth-order valence-electron chi connectivity index (χ4n) is 2.16. The number of aryl methyl sites for hydroxylation is 1. The molecule has 1 N–H and O–H groups in total. The number of nitrogens with zero attached hydrogens (tertiary/aromatic N) is 2. The van der Waals surface area contributed by atoms with Gasteiger partial charge in [-0.25, -0.2) is 0 Å². The van der Waals surface area contributed by atoms with E-state index in [1.54, 1.807) is 42.7 Å². The molecular formula is C18H17N3O4S2. The molecule has 3 aromatic rings. The summed E-state index contributed by atoms with van der Waals surface area (Å²) < 4.78 is 10.3. The highest BCUT2D eigenvalue weighted by atomic mass is 32.1. The molecule has 0 aliphatic carbocycles. The molecule has 0 radical (unpaired) electrons. The van der Waals surface area contributed by atoms with Gasteiger partial charge >= 0.3 is 5.97 Å². The van der Waals surface area contributed by atoms with Crippen LogP contribution in [0.2, 0.25) is 0 Å². The number of benzene rings is 1. The predicted octanol–water partition coefficient (Wildman–Crippen LogP) is 3.54. The number of esters is 1. The fraction of sp³-hybridized carbons (Fsp3) is 0.222. The number of hydrogen-bond donors (Lipinski definition) is 1. The monoisotopic (exact) mass is 403 g/mol. The highest BCUT2D eigenvalue weighted by molar-refractivity contribution is 7.13. The number of nitrogens with one attached hydrogen (secondary N) is 1. The number of aromatic nitrogens is 2. The summed E-state index contributed by atoms with van der Waals surface area (Å²) in [7, 11) is 1.57. The van der Waals surface area contributed by atoms with E-state index in [0.29, 0.717) is 29.3 Å². The minimum atomic E-state index is -0.368. The maximum Gasteiger partial charge on any atom is 0.306 e. The summed E-state index contributed by atoms with van der Waals surface area (Å²) in [5.41, 5.74) is 1.74. The molecule has 0 saturated heterocycles. The first-order valence-corrected chi connectivity index (χ1v) is 9.84. The molecule has 1 aromatic carbocycles. The number of amides is 1. The largest absolute Gasteiger partial charge is 0.497 e. The zero-order valence-electron chi connectivity index (χ0n) is 14.5. The highest BCUT2D eigenvalue weighted by Gasteiger charge is 2.14. The van der Waals surface area contributed by atoms with Gasteiger partial charge in [0.05, 0.1) is 7.11 Å². The van der Waals surface area contributed by atoms with Crippen molar-refractivity contribution in [2.24, 2.45) is 0 Å². The van der Waals surface area contributed by atoms with Gasteiger partial charge in [-0.15, -0.1) is 10.2 Å². The summed E-state index contributed by atoms with van der Waals surface area (Å²) >= 11 is 2.69. The van der Waals surface area contributed by atoms with Crippen molar-refractivity contribution in [2.75, 3.05) is 12.4 Å². The lowest BCUT2D eigenvalue weighted by Crippen LogP contribution is -2.11. The van der Waals surface area contributed by atoms with E-state index in [9.17, 15) is 9.59 Å². The van der Waals surface area contributed by atoms with Crippen LogP contribution < -0.4 is 10.1 Å². The van der Waals surface area contributed by atoms with Gasteiger partial charge in [-0.05, 0) is 53.1 Å². The predicted molar refractivity (Wildman–Crippen MR) is 103 cm³/mol. The van der Waals surface area contributed by atoms with E-state index in [-0.39, 0.29) is 23.5 Å². The van der Waals surface area contributed by atoms with E-state index in [0.717, 1.165) is 16.9 Å². The standard InChI is InChI=1S/C18H17N3O4S2/c1-24-14-5-3-13(4-6-14)19-17(23)18-21-20-15(27-18)10-25-16(22)7-2-12-8-9-26-11-12/h3-6,8-9,11H,2,7,10H2,1H3,(H,19,23). The molecule has 3 rings (SSSR count). The number of thiophene rings is 1. The third-order valence-electron chi connectivity index (χ3n) is 3.56. The number of hydrogen-bond acceptors (Lipinski definition) is 8. The van der Waals surface area contributed by atoms with Gasteiger partial charge in [0, 0.05) is 12.1 Å². The van der Waals surface area contributed by atoms with Crippen molar-refractivity contribution < 1.29 is 19.1 Å².